The SMILES string of the molecule is COC(=O)c1cc(-c2ccc(C=O)c(C(=O)OC)c2)ccc1C. The van der Waals surface area contributed by atoms with Crippen molar-refractivity contribution >= 4 is 18.2 Å². The Balaban J connectivity index is 2.56. The molecular weight excluding hydrogens is 296 g/mol. The second kappa shape index (κ2) is 6.87. The van der Waals surface area contributed by atoms with Gasteiger partial charge in [-0.05, 0) is 35.7 Å². The van der Waals surface area contributed by atoms with Crippen LogP contribution < -0.4 is 0 Å². The van der Waals surface area contributed by atoms with E-state index in [1.54, 1.807) is 30.3 Å². The highest BCUT2D eigenvalue weighted by Gasteiger charge is 2.15. The molecule has 118 valence electrons. The van der Waals surface area contributed by atoms with Crippen LogP contribution in [0, 0.1) is 6.92 Å². The van der Waals surface area contributed by atoms with Gasteiger partial charge in [0.2, 0.25) is 0 Å². The summed E-state index contributed by atoms with van der Waals surface area (Å²) in [5.74, 6) is -1.02. The Labute approximate surface area is 133 Å². The molecule has 0 atom stereocenters. The van der Waals surface area contributed by atoms with Crippen molar-refractivity contribution in [3.8, 4) is 11.1 Å². The number of hydrogen-bond donors (Lipinski definition) is 0. The van der Waals surface area contributed by atoms with Gasteiger partial charge in [0.1, 0.15) is 0 Å². The zero-order valence-corrected chi connectivity index (χ0v) is 13.1. The molecule has 0 N–H and O–H groups in total. The minimum Gasteiger partial charge on any atom is -0.465 e. The summed E-state index contributed by atoms with van der Waals surface area (Å²) in [4.78, 5) is 34.6. The minimum absolute atomic E-state index is 0.181. The van der Waals surface area contributed by atoms with Crippen molar-refractivity contribution in [3.05, 3.63) is 58.7 Å². The van der Waals surface area contributed by atoms with Gasteiger partial charge in [-0.1, -0.05) is 24.3 Å². The number of ether oxygens (including phenoxy) is 2. The van der Waals surface area contributed by atoms with E-state index in [0.29, 0.717) is 17.4 Å². The third-order valence-electron chi connectivity index (χ3n) is 3.56. The molecule has 2 rings (SSSR count). The first-order valence-corrected chi connectivity index (χ1v) is 6.88. The van der Waals surface area contributed by atoms with Gasteiger partial charge in [-0.15, -0.1) is 0 Å². The van der Waals surface area contributed by atoms with Crippen molar-refractivity contribution < 1.29 is 23.9 Å². The number of hydrogen-bond acceptors (Lipinski definition) is 5. The standard InChI is InChI=1S/C18H16O5/c1-11-4-5-12(8-15(11)17(20)22-2)13-6-7-14(10-19)16(9-13)18(21)23-3/h4-10H,1-3H3. The lowest BCUT2D eigenvalue weighted by atomic mass is 9.96. The normalized spacial score (nSPS) is 10.0. The summed E-state index contributed by atoms with van der Waals surface area (Å²) in [6.07, 6.45) is 0.602. The summed E-state index contributed by atoms with van der Waals surface area (Å²) in [5, 5.41) is 0. The quantitative estimate of drug-likeness (QED) is 0.641. The van der Waals surface area contributed by atoms with Crippen LogP contribution in [0.3, 0.4) is 0 Å². The number of benzene rings is 2. The van der Waals surface area contributed by atoms with Gasteiger partial charge < -0.3 is 9.47 Å². The van der Waals surface area contributed by atoms with Crippen LogP contribution in [0.2, 0.25) is 0 Å². The Morgan fingerprint density at radius 3 is 1.96 bits per heavy atom. The van der Waals surface area contributed by atoms with Gasteiger partial charge in [0.05, 0.1) is 25.3 Å². The topological polar surface area (TPSA) is 69.7 Å². The summed E-state index contributed by atoms with van der Waals surface area (Å²) < 4.78 is 9.46. The number of aldehydes is 1. The zero-order valence-electron chi connectivity index (χ0n) is 13.1. The molecule has 0 bridgehead atoms. The van der Waals surface area contributed by atoms with Gasteiger partial charge in [0.25, 0.3) is 0 Å². The van der Waals surface area contributed by atoms with Crippen LogP contribution in [0.25, 0.3) is 11.1 Å². The highest BCUT2D eigenvalue weighted by molar-refractivity contribution is 6.00. The molecule has 5 heteroatoms. The monoisotopic (exact) mass is 312 g/mol. The molecule has 2 aromatic rings. The molecule has 0 fully saturated rings. The lowest BCUT2D eigenvalue weighted by molar-refractivity contribution is 0.0590. The van der Waals surface area contributed by atoms with Crippen LogP contribution in [0.5, 0.6) is 0 Å². The predicted molar refractivity (Wildman–Crippen MR) is 84.7 cm³/mol. The van der Waals surface area contributed by atoms with Gasteiger partial charge in [-0.2, -0.15) is 0 Å². The fourth-order valence-corrected chi connectivity index (χ4v) is 2.26. The summed E-state index contributed by atoms with van der Waals surface area (Å²) in [6, 6.07) is 10.2. The first-order valence-electron chi connectivity index (χ1n) is 6.88. The third kappa shape index (κ3) is 3.29. The van der Waals surface area contributed by atoms with E-state index in [1.807, 2.05) is 13.0 Å². The van der Waals surface area contributed by atoms with E-state index < -0.39 is 11.9 Å². The van der Waals surface area contributed by atoms with E-state index in [9.17, 15) is 14.4 Å². The van der Waals surface area contributed by atoms with E-state index in [0.717, 1.165) is 11.1 Å². The zero-order chi connectivity index (χ0) is 17.0. The smallest absolute Gasteiger partial charge is 0.338 e. The van der Waals surface area contributed by atoms with Crippen LogP contribution in [-0.2, 0) is 9.47 Å². The van der Waals surface area contributed by atoms with Gasteiger partial charge >= 0.3 is 11.9 Å². The first-order chi connectivity index (χ1) is 11.0. The summed E-state index contributed by atoms with van der Waals surface area (Å²) >= 11 is 0. The van der Waals surface area contributed by atoms with Crippen molar-refractivity contribution in [1.82, 2.24) is 0 Å². The lowest BCUT2D eigenvalue weighted by Gasteiger charge is -2.10. The first kappa shape index (κ1) is 16.4. The van der Waals surface area contributed by atoms with Gasteiger partial charge in [0.15, 0.2) is 6.29 Å². The Kier molecular flexibility index (Phi) is 4.91. The van der Waals surface area contributed by atoms with Gasteiger partial charge in [0, 0.05) is 5.56 Å². The van der Waals surface area contributed by atoms with Crippen molar-refractivity contribution in [2.24, 2.45) is 0 Å². The van der Waals surface area contributed by atoms with E-state index in [2.05, 4.69) is 0 Å². The highest BCUT2D eigenvalue weighted by Crippen LogP contribution is 2.25. The highest BCUT2D eigenvalue weighted by atomic mass is 16.5. The molecule has 0 unspecified atom stereocenters. The molecule has 0 aromatic heterocycles. The third-order valence-corrected chi connectivity index (χ3v) is 3.56. The van der Waals surface area contributed by atoms with Crippen LogP contribution in [-0.4, -0.2) is 32.4 Å². The van der Waals surface area contributed by atoms with Crippen molar-refractivity contribution in [2.45, 2.75) is 6.92 Å². The van der Waals surface area contributed by atoms with Crippen molar-refractivity contribution in [1.29, 1.82) is 0 Å². The Bertz CT molecular complexity index is 777. The maximum absolute atomic E-state index is 11.8. The molecule has 0 amide bonds. The molecule has 0 aliphatic rings. The Morgan fingerprint density at radius 2 is 1.39 bits per heavy atom. The van der Waals surface area contributed by atoms with E-state index >= 15 is 0 Å². The molecule has 0 radical (unpaired) electrons. The minimum atomic E-state index is -0.589. The fourth-order valence-electron chi connectivity index (χ4n) is 2.26. The second-order valence-electron chi connectivity index (χ2n) is 4.93. The van der Waals surface area contributed by atoms with Gasteiger partial charge in [-0.3, -0.25) is 4.79 Å². The largest absolute Gasteiger partial charge is 0.465 e. The lowest BCUT2D eigenvalue weighted by Crippen LogP contribution is -2.06. The van der Waals surface area contributed by atoms with Crippen LogP contribution >= 0.6 is 0 Å². The summed E-state index contributed by atoms with van der Waals surface area (Å²) in [6.45, 7) is 1.81. The summed E-state index contributed by atoms with van der Waals surface area (Å²) in [5.41, 5.74) is 3.10. The number of carbonyl (C=O) groups is 3. The van der Waals surface area contributed by atoms with Crippen LogP contribution in [0.4, 0.5) is 0 Å². The molecule has 0 spiro atoms. The maximum atomic E-state index is 11.8. The molecule has 0 saturated carbocycles. The average molecular weight is 312 g/mol. The van der Waals surface area contributed by atoms with Crippen molar-refractivity contribution in [3.63, 3.8) is 0 Å². The molecule has 0 aliphatic carbocycles. The van der Waals surface area contributed by atoms with Crippen molar-refractivity contribution in [2.75, 3.05) is 14.2 Å². The molecular formula is C18H16O5. The number of rotatable bonds is 4. The van der Waals surface area contributed by atoms with Crippen LogP contribution in [0.15, 0.2) is 36.4 Å². The second-order valence-corrected chi connectivity index (χ2v) is 4.93. The Morgan fingerprint density at radius 1 is 0.870 bits per heavy atom. The van der Waals surface area contributed by atoms with E-state index in [1.165, 1.54) is 14.2 Å². The van der Waals surface area contributed by atoms with Crippen LogP contribution in [0.1, 0.15) is 36.6 Å². The molecule has 0 saturated heterocycles. The fraction of sp³-hybridized carbons (Fsp3) is 0.167. The molecule has 0 aliphatic heterocycles. The molecule has 5 nitrogen and oxygen atoms in total. The molecule has 2 aromatic carbocycles. The van der Waals surface area contributed by atoms with E-state index in [4.69, 9.17) is 9.47 Å². The summed E-state index contributed by atoms with van der Waals surface area (Å²) in [7, 11) is 2.58. The van der Waals surface area contributed by atoms with E-state index in [-0.39, 0.29) is 11.1 Å². The maximum Gasteiger partial charge on any atom is 0.338 e. The van der Waals surface area contributed by atoms with Gasteiger partial charge in [-0.25, -0.2) is 9.59 Å². The predicted octanol–water partition coefficient (Wildman–Crippen LogP) is 3.05. The number of carbonyl (C=O) groups excluding carboxylic acids is 3. The molecule has 23 heavy (non-hydrogen) atoms. The Hall–Kier alpha value is -2.95. The average Bonchev–Trinajstić information content (AvgIpc) is 2.60. The number of esters is 2. The molecule has 0 heterocycles. The number of methoxy groups -OCH3 is 2. The number of aryl methyl sites for hydroxylation is 1.